The highest BCUT2D eigenvalue weighted by molar-refractivity contribution is 7.99. The summed E-state index contributed by atoms with van der Waals surface area (Å²) in [6.45, 7) is 4.56. The Hall–Kier alpha value is -3.98. The van der Waals surface area contributed by atoms with E-state index in [0.717, 1.165) is 22.5 Å². The summed E-state index contributed by atoms with van der Waals surface area (Å²) in [6.07, 6.45) is 0. The molecule has 1 aromatic heterocycles. The quantitative estimate of drug-likeness (QED) is 0.286. The summed E-state index contributed by atoms with van der Waals surface area (Å²) >= 11 is 1.27. The number of hydrogen-bond donors (Lipinski definition) is 3. The predicted molar refractivity (Wildman–Crippen MR) is 139 cm³/mol. The number of thioether (sulfide) groups is 1. The molecule has 0 saturated heterocycles. The molecule has 3 aromatic carbocycles. The summed E-state index contributed by atoms with van der Waals surface area (Å²) in [4.78, 5) is 12.6. The number of aromatic nitrogens is 3. The minimum atomic E-state index is -0.217. The van der Waals surface area contributed by atoms with Crippen molar-refractivity contribution >= 4 is 29.0 Å². The zero-order valence-corrected chi connectivity index (χ0v) is 20.6. The van der Waals surface area contributed by atoms with Gasteiger partial charge in [-0.1, -0.05) is 48.2 Å². The largest absolute Gasteiger partial charge is 0.508 e. The Kier molecular flexibility index (Phi) is 7.57. The molecule has 0 aliphatic heterocycles. The normalized spacial score (nSPS) is 10.7. The van der Waals surface area contributed by atoms with Crippen molar-refractivity contribution in [3.63, 3.8) is 0 Å². The van der Waals surface area contributed by atoms with Gasteiger partial charge in [0.2, 0.25) is 5.91 Å². The number of nitrogens with zero attached hydrogens (tertiary/aromatic N) is 3. The van der Waals surface area contributed by atoms with Crippen molar-refractivity contribution in [1.29, 1.82) is 0 Å². The van der Waals surface area contributed by atoms with Crippen LogP contribution >= 0.6 is 11.8 Å². The zero-order valence-electron chi connectivity index (χ0n) is 19.8. The van der Waals surface area contributed by atoms with Crippen LogP contribution in [0.2, 0.25) is 0 Å². The lowest BCUT2D eigenvalue weighted by Crippen LogP contribution is -2.15. The minimum absolute atomic E-state index is 0.0902. The first-order chi connectivity index (χ1) is 17.0. The smallest absolute Gasteiger partial charge is 0.234 e. The number of benzene rings is 3. The van der Waals surface area contributed by atoms with E-state index in [9.17, 15) is 9.90 Å². The van der Waals surface area contributed by atoms with Crippen LogP contribution in [0.25, 0.3) is 5.69 Å². The summed E-state index contributed by atoms with van der Waals surface area (Å²) in [6, 6.07) is 20.2. The molecule has 4 aromatic rings. The molecule has 0 saturated carbocycles. The maximum atomic E-state index is 12.6. The number of hydrogen-bond acceptors (Lipinski definition) is 7. The Morgan fingerprint density at radius 2 is 1.77 bits per heavy atom. The molecule has 0 unspecified atom stereocenters. The van der Waals surface area contributed by atoms with E-state index >= 15 is 0 Å². The van der Waals surface area contributed by atoms with Crippen LogP contribution in [-0.4, -0.2) is 38.6 Å². The van der Waals surface area contributed by atoms with E-state index in [1.54, 1.807) is 25.3 Å². The number of carbonyl (C=O) groups excluding carboxylic acids is 1. The molecule has 180 valence electrons. The number of methoxy groups -OCH3 is 1. The van der Waals surface area contributed by atoms with Gasteiger partial charge in [0.1, 0.15) is 11.5 Å². The van der Waals surface area contributed by atoms with E-state index in [-0.39, 0.29) is 17.4 Å². The number of phenolic OH excluding ortho intramolecular Hbond substituents is 1. The molecule has 8 nitrogen and oxygen atoms in total. The van der Waals surface area contributed by atoms with Crippen LogP contribution in [0.15, 0.2) is 71.9 Å². The Labute approximate surface area is 208 Å². The number of phenols is 1. The number of aromatic hydroxyl groups is 1. The molecule has 3 N–H and O–H groups in total. The van der Waals surface area contributed by atoms with Gasteiger partial charge in [0.15, 0.2) is 11.0 Å². The van der Waals surface area contributed by atoms with Gasteiger partial charge < -0.3 is 20.5 Å². The summed E-state index contributed by atoms with van der Waals surface area (Å²) in [7, 11) is 1.62. The average molecular weight is 490 g/mol. The lowest BCUT2D eigenvalue weighted by molar-refractivity contribution is -0.113. The highest BCUT2D eigenvalue weighted by atomic mass is 32.2. The lowest BCUT2D eigenvalue weighted by atomic mass is 10.1. The Morgan fingerprint density at radius 1 is 1.03 bits per heavy atom. The first-order valence-corrected chi connectivity index (χ1v) is 12.0. The van der Waals surface area contributed by atoms with Crippen LogP contribution in [-0.2, 0) is 11.3 Å². The van der Waals surface area contributed by atoms with Crippen LogP contribution in [0.1, 0.15) is 17.0 Å². The van der Waals surface area contributed by atoms with Gasteiger partial charge in [-0.15, -0.1) is 10.2 Å². The number of nitrogens with one attached hydrogen (secondary N) is 2. The van der Waals surface area contributed by atoms with Gasteiger partial charge >= 0.3 is 0 Å². The fraction of sp³-hybridized carbons (Fsp3) is 0.192. The van der Waals surface area contributed by atoms with Crippen molar-refractivity contribution in [2.45, 2.75) is 25.5 Å². The molecule has 0 radical (unpaired) electrons. The molecule has 0 fully saturated rings. The Morgan fingerprint density at radius 3 is 2.51 bits per heavy atom. The van der Waals surface area contributed by atoms with E-state index in [4.69, 9.17) is 4.74 Å². The second-order valence-corrected chi connectivity index (χ2v) is 8.86. The van der Waals surface area contributed by atoms with E-state index in [2.05, 4.69) is 46.8 Å². The van der Waals surface area contributed by atoms with E-state index in [1.807, 2.05) is 34.9 Å². The summed E-state index contributed by atoms with van der Waals surface area (Å²) in [5.74, 6) is 1.35. The molecule has 1 amide bonds. The highest BCUT2D eigenvalue weighted by Gasteiger charge is 2.19. The third-order valence-corrected chi connectivity index (χ3v) is 6.32. The van der Waals surface area contributed by atoms with Crippen LogP contribution in [0, 0.1) is 13.8 Å². The fourth-order valence-electron chi connectivity index (χ4n) is 3.74. The topological polar surface area (TPSA) is 101 Å². The third-order valence-electron chi connectivity index (χ3n) is 5.39. The van der Waals surface area contributed by atoms with Crippen LogP contribution in [0.5, 0.6) is 11.5 Å². The van der Waals surface area contributed by atoms with E-state index < -0.39 is 0 Å². The van der Waals surface area contributed by atoms with E-state index in [1.165, 1.54) is 17.8 Å². The van der Waals surface area contributed by atoms with Crippen molar-refractivity contribution in [1.82, 2.24) is 14.8 Å². The molecule has 1 heterocycles. The van der Waals surface area contributed by atoms with Gasteiger partial charge in [0.05, 0.1) is 25.1 Å². The summed E-state index contributed by atoms with van der Waals surface area (Å²) in [5, 5.41) is 25.3. The lowest BCUT2D eigenvalue weighted by Gasteiger charge is -2.16. The maximum Gasteiger partial charge on any atom is 0.234 e. The summed E-state index contributed by atoms with van der Waals surface area (Å²) < 4.78 is 7.50. The van der Waals surface area contributed by atoms with Gasteiger partial charge in [0, 0.05) is 17.4 Å². The van der Waals surface area contributed by atoms with Crippen LogP contribution in [0.4, 0.5) is 11.4 Å². The maximum absolute atomic E-state index is 12.6. The number of para-hydroxylation sites is 3. The number of aryl methyl sites for hydroxylation is 2. The van der Waals surface area contributed by atoms with Crippen molar-refractivity contribution < 1.29 is 14.6 Å². The zero-order chi connectivity index (χ0) is 24.8. The fourth-order valence-corrected chi connectivity index (χ4v) is 4.50. The molecule has 0 bridgehead atoms. The molecule has 0 spiro atoms. The number of ether oxygens (including phenoxy) is 1. The first kappa shape index (κ1) is 24.2. The van der Waals surface area contributed by atoms with Crippen LogP contribution in [0.3, 0.4) is 0 Å². The first-order valence-electron chi connectivity index (χ1n) is 11.1. The van der Waals surface area contributed by atoms with Crippen molar-refractivity contribution in [2.24, 2.45) is 0 Å². The second kappa shape index (κ2) is 11.0. The van der Waals surface area contributed by atoms with Crippen LogP contribution < -0.4 is 15.4 Å². The molecular weight excluding hydrogens is 462 g/mol. The van der Waals surface area contributed by atoms with Crippen molar-refractivity contribution in [3.8, 4) is 17.2 Å². The summed E-state index contributed by atoms with van der Waals surface area (Å²) in [5.41, 5.74) is 4.66. The molecule has 0 aliphatic carbocycles. The molecule has 0 atom stereocenters. The van der Waals surface area contributed by atoms with Gasteiger partial charge in [-0.25, -0.2) is 0 Å². The molecule has 35 heavy (non-hydrogen) atoms. The number of carbonyl (C=O) groups is 1. The Bertz CT molecular complexity index is 1320. The second-order valence-electron chi connectivity index (χ2n) is 7.91. The standard InChI is InChI=1S/C26H27N5O3S/c1-17-8-6-9-18(2)25(17)27-15-23-29-30-26(31(23)21-12-4-5-13-22(21)34-3)35-16-24(33)28-19-10-7-11-20(32)14-19/h4-14,27,32H,15-16H2,1-3H3,(H,28,33). The van der Waals surface area contributed by atoms with Gasteiger partial charge in [0.25, 0.3) is 0 Å². The predicted octanol–water partition coefficient (Wildman–Crippen LogP) is 4.94. The number of rotatable bonds is 9. The monoisotopic (exact) mass is 489 g/mol. The van der Waals surface area contributed by atoms with Gasteiger partial charge in [-0.05, 0) is 49.2 Å². The van der Waals surface area contributed by atoms with Crippen molar-refractivity contribution in [2.75, 3.05) is 23.5 Å². The average Bonchev–Trinajstić information content (AvgIpc) is 3.25. The molecule has 9 heteroatoms. The van der Waals surface area contributed by atoms with Gasteiger partial charge in [-0.3, -0.25) is 9.36 Å². The SMILES string of the molecule is COc1ccccc1-n1c(CNc2c(C)cccc2C)nnc1SCC(=O)Nc1cccc(O)c1. The third kappa shape index (κ3) is 5.75. The van der Waals surface area contributed by atoms with Gasteiger partial charge in [-0.2, -0.15) is 0 Å². The van der Waals surface area contributed by atoms with E-state index in [0.29, 0.717) is 29.0 Å². The highest BCUT2D eigenvalue weighted by Crippen LogP contribution is 2.29. The number of anilines is 2. The molecular formula is C26H27N5O3S. The van der Waals surface area contributed by atoms with Crippen molar-refractivity contribution in [3.05, 3.63) is 83.7 Å². The Balaban J connectivity index is 1.58. The molecule has 0 aliphatic rings. The number of amides is 1. The molecule has 4 rings (SSSR count). The minimum Gasteiger partial charge on any atom is -0.508 e.